The van der Waals surface area contributed by atoms with Crippen molar-refractivity contribution in [3.05, 3.63) is 25.3 Å². The van der Waals surface area contributed by atoms with Crippen molar-refractivity contribution >= 4 is 77.9 Å². The predicted molar refractivity (Wildman–Crippen MR) is 297 cm³/mol. The van der Waals surface area contributed by atoms with E-state index >= 15 is 0 Å². The number of likely N-dealkylation sites (tertiary alicyclic amines) is 2. The number of hydrogen-bond acceptors (Lipinski definition) is 11. The van der Waals surface area contributed by atoms with Gasteiger partial charge in [0, 0.05) is 39.0 Å². The zero-order valence-corrected chi connectivity index (χ0v) is 46.7. The summed E-state index contributed by atoms with van der Waals surface area (Å²) in [7, 11) is 0. The molecule has 75 heavy (non-hydrogen) atoms. The van der Waals surface area contributed by atoms with E-state index in [4.69, 9.17) is 23.3 Å². The van der Waals surface area contributed by atoms with Crippen LogP contribution in [0.2, 0.25) is 0 Å². The van der Waals surface area contributed by atoms with Gasteiger partial charge in [0.05, 0.1) is 18.1 Å². The number of nitrogens with zero attached hydrogens (tertiary/aromatic N) is 2. The largest absolute Gasteiger partial charge is 0.444 e. The number of rotatable bonds is 19. The SMILES string of the molecule is C.C.C#CCCC(NC(=O)[C@@H]1[C@@H]2C(CN1C(=O)[C@@H](N)C(C)(C)C)C2(C)C)C(=O)C(=O)NCC=C.C#CCCC(NC(=O)[C@@H]1[C@@H]2C(CN1C(=O)[C@@H](NC(=O)OC(C)(C)C)C(C)(C)C)C2(C)C)C(=O)C(=O)NCC=C.Cl.Cl. The Balaban J connectivity index is 0. The van der Waals surface area contributed by atoms with Crippen LogP contribution in [0.15, 0.2) is 25.3 Å². The molecule has 0 bridgehead atoms. The molecule has 2 heterocycles. The molecule has 10 atom stereocenters. The molecule has 0 aromatic rings. The standard InChI is InChI=1S/C29H44N4O6.C24H36N4O4.2CH4.2ClH/c1-11-13-14-18(21(34)24(36)30-15-12-2)31-23(35)20-19-17(29(19,9)10)16-33(20)25(37)22(27(3,4)5)32-26(38)39-28(6,7)8;1-8-10-11-15(18(29)21(31)26-12-9-2)27-20(30)17-16-14(24(16,6)7)13-28(17)22(32)19(25)23(3,4)5;;;;/h1,12,17-20,22H,2,13-16H2,3-10H3,(H,30,36)(H,31,35)(H,32,38);1,9,14-17,19H,2,10-13,25H2,3-7H3,(H,26,31)(H,27,30);2*1H4;2*1H/t17?,18?,19-,20-,22+;14?,15?,16-,17-,19+;;;;/m00..../s1. The van der Waals surface area contributed by atoms with Crippen molar-refractivity contribution in [1.82, 2.24) is 36.4 Å². The van der Waals surface area contributed by atoms with Crippen LogP contribution in [0.1, 0.15) is 131 Å². The summed E-state index contributed by atoms with van der Waals surface area (Å²) in [5.74, 6) is 0.0304. The normalized spacial score (nSPS) is 22.6. The number of ketones is 2. The van der Waals surface area contributed by atoms with Crippen molar-refractivity contribution in [3.63, 3.8) is 0 Å². The number of fused-ring (bicyclic) bond motifs is 2. The molecule has 18 nitrogen and oxygen atoms in total. The Hall–Kier alpha value is -5.43. The average molecular weight is 1090 g/mol. The first-order valence-corrected chi connectivity index (χ1v) is 24.3. The first-order chi connectivity index (χ1) is 32.6. The molecule has 424 valence electrons. The Bertz CT molecular complexity index is 2200. The molecule has 2 aliphatic carbocycles. The third-order valence-electron chi connectivity index (χ3n) is 14.2. The molecule has 7 amide bonds. The smallest absolute Gasteiger partial charge is 0.408 e. The molecule has 2 aliphatic heterocycles. The number of amides is 7. The number of nitrogens with one attached hydrogen (secondary N) is 5. The topological polar surface area (TPSA) is 256 Å². The number of ether oxygens (including phenoxy) is 1. The van der Waals surface area contributed by atoms with E-state index < -0.39 is 99.9 Å². The number of alkyl carbamates (subject to hydrolysis) is 1. The Morgan fingerprint density at radius 1 is 0.653 bits per heavy atom. The summed E-state index contributed by atoms with van der Waals surface area (Å²) in [6, 6.07) is -5.56. The minimum atomic E-state index is -1.14. The highest BCUT2D eigenvalue weighted by molar-refractivity contribution is 6.39. The minimum absolute atomic E-state index is 0. The number of carbonyl (C=O) groups is 9. The third kappa shape index (κ3) is 17.6. The van der Waals surface area contributed by atoms with Crippen molar-refractivity contribution in [1.29, 1.82) is 0 Å². The maximum Gasteiger partial charge on any atom is 0.408 e. The molecule has 4 unspecified atom stereocenters. The van der Waals surface area contributed by atoms with Crippen LogP contribution < -0.4 is 32.3 Å². The Morgan fingerprint density at radius 3 is 1.32 bits per heavy atom. The Labute approximate surface area is 460 Å². The van der Waals surface area contributed by atoms with Gasteiger partial charge in [0.15, 0.2) is 0 Å². The summed E-state index contributed by atoms with van der Waals surface area (Å²) in [5.41, 5.74) is 4.02. The maximum absolute atomic E-state index is 13.9. The fourth-order valence-corrected chi connectivity index (χ4v) is 9.74. The van der Waals surface area contributed by atoms with E-state index in [9.17, 15) is 43.2 Å². The van der Waals surface area contributed by atoms with Gasteiger partial charge in [-0.2, -0.15) is 0 Å². The number of Topliss-reactive ketones (excluding diaryl/α,β-unsaturated/α-hetero) is 2. The summed E-state index contributed by atoms with van der Waals surface area (Å²) < 4.78 is 5.38. The molecular formula is C55H90Cl2N8O10. The van der Waals surface area contributed by atoms with Crippen molar-refractivity contribution in [2.24, 2.45) is 51.1 Å². The van der Waals surface area contributed by atoms with E-state index in [1.54, 1.807) is 25.7 Å². The maximum atomic E-state index is 13.9. The molecule has 4 rings (SSSR count). The Morgan fingerprint density at radius 2 is 1.01 bits per heavy atom. The van der Waals surface area contributed by atoms with Crippen LogP contribution in [0, 0.1) is 70.0 Å². The number of carbonyl (C=O) groups excluding carboxylic acids is 9. The first-order valence-electron chi connectivity index (χ1n) is 24.3. The number of halogens is 2. The summed E-state index contributed by atoms with van der Waals surface area (Å²) in [6.45, 7) is 32.5. The molecule has 0 radical (unpaired) electrons. The van der Waals surface area contributed by atoms with Crippen LogP contribution in [-0.2, 0) is 43.1 Å². The lowest BCUT2D eigenvalue weighted by molar-refractivity contribution is -0.145. The van der Waals surface area contributed by atoms with E-state index in [2.05, 4.69) is 65.4 Å². The van der Waals surface area contributed by atoms with Crippen LogP contribution >= 0.6 is 24.8 Å². The van der Waals surface area contributed by atoms with E-state index in [-0.39, 0.29) is 119 Å². The lowest BCUT2D eigenvalue weighted by atomic mass is 9.85. The highest BCUT2D eigenvalue weighted by Gasteiger charge is 2.71. The molecular weight excluding hydrogens is 1000 g/mol. The van der Waals surface area contributed by atoms with E-state index in [0.29, 0.717) is 13.1 Å². The highest BCUT2D eigenvalue weighted by atomic mass is 35.5. The lowest BCUT2D eigenvalue weighted by Gasteiger charge is -2.38. The van der Waals surface area contributed by atoms with Gasteiger partial charge in [-0.25, -0.2) is 4.79 Å². The second-order valence-corrected chi connectivity index (χ2v) is 23.4. The van der Waals surface area contributed by atoms with Crippen LogP contribution in [0.3, 0.4) is 0 Å². The first kappa shape index (κ1) is 71.6. The molecule has 2 saturated heterocycles. The van der Waals surface area contributed by atoms with E-state index in [1.807, 2.05) is 55.4 Å². The predicted octanol–water partition coefficient (Wildman–Crippen LogP) is 4.91. The molecule has 2 saturated carbocycles. The van der Waals surface area contributed by atoms with Gasteiger partial charge in [-0.05, 0) is 78.9 Å². The summed E-state index contributed by atoms with van der Waals surface area (Å²) in [6.07, 6.45) is 13.5. The van der Waals surface area contributed by atoms with Crippen molar-refractivity contribution in [2.45, 2.75) is 172 Å². The van der Waals surface area contributed by atoms with Crippen LogP contribution in [0.4, 0.5) is 4.79 Å². The van der Waals surface area contributed by atoms with Gasteiger partial charge < -0.3 is 46.9 Å². The van der Waals surface area contributed by atoms with Gasteiger partial charge >= 0.3 is 6.09 Å². The quantitative estimate of drug-likeness (QED) is 0.0576. The molecule has 0 aromatic carbocycles. The van der Waals surface area contributed by atoms with Crippen molar-refractivity contribution < 1.29 is 47.9 Å². The number of nitrogens with two attached hydrogens (primary N) is 1. The minimum Gasteiger partial charge on any atom is -0.444 e. The second-order valence-electron chi connectivity index (χ2n) is 23.4. The zero-order valence-electron chi connectivity index (χ0n) is 45.0. The lowest BCUT2D eigenvalue weighted by Crippen LogP contribution is -2.60. The Kier molecular flexibility index (Phi) is 26.8. The molecule has 0 spiro atoms. The summed E-state index contributed by atoms with van der Waals surface area (Å²) >= 11 is 0. The van der Waals surface area contributed by atoms with Gasteiger partial charge in [-0.1, -0.05) is 96.2 Å². The van der Waals surface area contributed by atoms with E-state index in [1.165, 1.54) is 17.1 Å². The third-order valence-corrected chi connectivity index (χ3v) is 14.2. The van der Waals surface area contributed by atoms with Crippen LogP contribution in [0.5, 0.6) is 0 Å². The molecule has 4 aliphatic rings. The fraction of sp³-hybridized carbons (Fsp3) is 0.691. The molecule has 0 aromatic heterocycles. The van der Waals surface area contributed by atoms with Gasteiger partial charge in [0.25, 0.3) is 11.8 Å². The number of piperidine rings is 2. The van der Waals surface area contributed by atoms with Gasteiger partial charge in [-0.3, -0.25) is 38.4 Å². The summed E-state index contributed by atoms with van der Waals surface area (Å²) in [4.78, 5) is 120. The van der Waals surface area contributed by atoms with Gasteiger partial charge in [-0.15, -0.1) is 62.7 Å². The fourth-order valence-electron chi connectivity index (χ4n) is 9.74. The second kappa shape index (κ2) is 28.1. The molecule has 7 N–H and O–H groups in total. The molecule has 4 fully saturated rings. The number of hydrogen-bond donors (Lipinski definition) is 6. The molecule has 20 heteroatoms. The van der Waals surface area contributed by atoms with Crippen LogP contribution in [0.25, 0.3) is 0 Å². The average Bonchev–Trinajstić information content (AvgIpc) is 3.72. The monoisotopic (exact) mass is 1090 g/mol. The number of terminal acetylenes is 2. The van der Waals surface area contributed by atoms with Crippen molar-refractivity contribution in [3.8, 4) is 24.7 Å². The zero-order chi connectivity index (χ0) is 54.4. The van der Waals surface area contributed by atoms with Crippen molar-refractivity contribution in [2.75, 3.05) is 26.2 Å². The van der Waals surface area contributed by atoms with Gasteiger partial charge in [0.1, 0.15) is 23.7 Å². The summed E-state index contributed by atoms with van der Waals surface area (Å²) in [5, 5.41) is 13.0. The highest BCUT2D eigenvalue weighted by Crippen LogP contribution is 2.66. The van der Waals surface area contributed by atoms with Crippen LogP contribution in [-0.4, -0.2) is 131 Å². The van der Waals surface area contributed by atoms with Gasteiger partial charge in [0.2, 0.25) is 35.2 Å². The van der Waals surface area contributed by atoms with E-state index in [0.717, 1.165) is 0 Å².